The molecule has 2 heterocycles. The summed E-state index contributed by atoms with van der Waals surface area (Å²) in [7, 11) is -3.19. The summed E-state index contributed by atoms with van der Waals surface area (Å²) in [5.41, 5.74) is 2.78. The Morgan fingerprint density at radius 3 is 2.48 bits per heavy atom. The van der Waals surface area contributed by atoms with Crippen LogP contribution in [0.4, 0.5) is 4.79 Å². The fraction of sp³-hybridized carbons (Fsp3) is 0.652. The second-order valence-electron chi connectivity index (χ2n) is 9.01. The maximum Gasteiger partial charge on any atom is 0.410 e. The molecule has 0 spiro atoms. The van der Waals surface area contributed by atoms with Gasteiger partial charge in [0, 0.05) is 38.2 Å². The third kappa shape index (κ3) is 6.53. The Balaban J connectivity index is 1.43. The highest BCUT2D eigenvalue weighted by molar-refractivity contribution is 7.88. The number of carbonyl (C=O) groups is 2. The number of ketones is 1. The largest absolute Gasteiger partial charge is 0.447 e. The maximum absolute atomic E-state index is 12.7. The number of fused-ring (bicyclic) bond motifs is 1. The average molecular weight is 451 g/mol. The quantitative estimate of drug-likeness (QED) is 0.593. The average Bonchev–Trinajstić information content (AvgIpc) is 2.72. The minimum absolute atomic E-state index is 0.0987. The first kappa shape index (κ1) is 23.7. The number of rotatable bonds is 7. The predicted molar refractivity (Wildman–Crippen MR) is 119 cm³/mol. The minimum Gasteiger partial charge on any atom is -0.447 e. The Bertz CT molecular complexity index is 905. The molecule has 1 aromatic rings. The Labute approximate surface area is 185 Å². The van der Waals surface area contributed by atoms with Gasteiger partial charge in [-0.2, -0.15) is 4.31 Å². The van der Waals surface area contributed by atoms with Gasteiger partial charge in [-0.05, 0) is 69.1 Å². The number of likely N-dealkylation sites (tertiary alicyclic amines) is 1. The number of ether oxygens (including phenoxy) is 1. The van der Waals surface area contributed by atoms with Crippen LogP contribution in [0.15, 0.2) is 18.2 Å². The lowest BCUT2D eigenvalue weighted by atomic mass is 9.90. The second kappa shape index (κ2) is 10.1. The lowest BCUT2D eigenvalue weighted by Gasteiger charge is -2.31. The van der Waals surface area contributed by atoms with Crippen molar-refractivity contribution in [2.24, 2.45) is 5.92 Å². The van der Waals surface area contributed by atoms with Crippen LogP contribution >= 0.6 is 0 Å². The van der Waals surface area contributed by atoms with Gasteiger partial charge in [0.25, 0.3) is 0 Å². The Kier molecular flexibility index (Phi) is 7.75. The topological polar surface area (TPSA) is 84.0 Å². The van der Waals surface area contributed by atoms with E-state index in [1.54, 1.807) is 4.90 Å². The molecule has 0 saturated carbocycles. The van der Waals surface area contributed by atoms with Gasteiger partial charge < -0.3 is 9.64 Å². The molecule has 0 aromatic heterocycles. The third-order valence-electron chi connectivity index (χ3n) is 6.20. The fourth-order valence-corrected chi connectivity index (χ4v) is 5.16. The fourth-order valence-electron chi connectivity index (χ4n) is 4.36. The molecule has 172 valence electrons. The highest BCUT2D eigenvalue weighted by Crippen LogP contribution is 2.25. The molecule has 1 fully saturated rings. The molecule has 0 radical (unpaired) electrons. The number of piperidine rings is 1. The molecule has 1 saturated heterocycles. The zero-order valence-corrected chi connectivity index (χ0v) is 19.6. The standard InChI is InChI=1S/C23H34N2O5S/c1-17(2)30-23(27)24-12-9-18(10-13-24)5-4-6-22(26)20-7-8-21-16-25(31(3,28)29)14-11-19(21)15-20/h7-8,15,17-18H,4-6,9-14,16H2,1-3H3. The van der Waals surface area contributed by atoms with Gasteiger partial charge in [-0.3, -0.25) is 4.79 Å². The van der Waals surface area contributed by atoms with Crippen molar-refractivity contribution in [1.82, 2.24) is 9.21 Å². The van der Waals surface area contributed by atoms with Crippen LogP contribution in [0, 0.1) is 5.92 Å². The van der Waals surface area contributed by atoms with Gasteiger partial charge in [-0.25, -0.2) is 13.2 Å². The summed E-state index contributed by atoms with van der Waals surface area (Å²) >= 11 is 0. The SMILES string of the molecule is CC(C)OC(=O)N1CCC(CCCC(=O)c2ccc3c(c2)CCN(S(C)(=O)=O)C3)CC1. The van der Waals surface area contributed by atoms with Crippen LogP contribution in [0.5, 0.6) is 0 Å². The number of carbonyl (C=O) groups excluding carboxylic acids is 2. The van der Waals surface area contributed by atoms with Crippen LogP contribution in [-0.4, -0.2) is 61.5 Å². The molecule has 2 aliphatic heterocycles. The summed E-state index contributed by atoms with van der Waals surface area (Å²) in [4.78, 5) is 26.4. The first-order valence-corrected chi connectivity index (χ1v) is 13.0. The number of nitrogens with zero attached hydrogens (tertiary/aromatic N) is 2. The maximum atomic E-state index is 12.7. The molecule has 0 bridgehead atoms. The molecule has 1 aromatic carbocycles. The van der Waals surface area contributed by atoms with Crippen molar-refractivity contribution in [3.8, 4) is 0 Å². The van der Waals surface area contributed by atoms with Crippen molar-refractivity contribution in [2.75, 3.05) is 25.9 Å². The summed E-state index contributed by atoms with van der Waals surface area (Å²) in [6.07, 6.45) is 5.82. The van der Waals surface area contributed by atoms with E-state index < -0.39 is 10.0 Å². The van der Waals surface area contributed by atoms with Gasteiger partial charge in [0.1, 0.15) is 0 Å². The van der Waals surface area contributed by atoms with E-state index >= 15 is 0 Å². The van der Waals surface area contributed by atoms with Crippen molar-refractivity contribution in [3.05, 3.63) is 34.9 Å². The van der Waals surface area contributed by atoms with Crippen molar-refractivity contribution in [1.29, 1.82) is 0 Å². The zero-order valence-electron chi connectivity index (χ0n) is 18.8. The van der Waals surface area contributed by atoms with Crippen LogP contribution in [0.2, 0.25) is 0 Å². The van der Waals surface area contributed by atoms with E-state index in [0.717, 1.165) is 55.5 Å². The molecular weight excluding hydrogens is 416 g/mol. The molecule has 3 rings (SSSR count). The highest BCUT2D eigenvalue weighted by Gasteiger charge is 2.25. The molecule has 0 N–H and O–H groups in total. The summed E-state index contributed by atoms with van der Waals surface area (Å²) in [5, 5.41) is 0. The summed E-state index contributed by atoms with van der Waals surface area (Å²) < 4.78 is 30.3. The smallest absolute Gasteiger partial charge is 0.410 e. The normalized spacial score (nSPS) is 18.1. The Morgan fingerprint density at radius 1 is 1.13 bits per heavy atom. The second-order valence-corrected chi connectivity index (χ2v) is 11.0. The molecule has 8 heteroatoms. The van der Waals surface area contributed by atoms with E-state index in [4.69, 9.17) is 4.74 Å². The highest BCUT2D eigenvalue weighted by atomic mass is 32.2. The molecule has 7 nitrogen and oxygen atoms in total. The lowest BCUT2D eigenvalue weighted by molar-refractivity contribution is 0.0646. The molecule has 2 aliphatic rings. The van der Waals surface area contributed by atoms with Crippen LogP contribution < -0.4 is 0 Å². The number of Topliss-reactive ketones (excluding diaryl/α,β-unsaturated/α-hetero) is 1. The van der Waals surface area contributed by atoms with E-state index in [0.29, 0.717) is 31.8 Å². The van der Waals surface area contributed by atoms with Gasteiger partial charge in [0.15, 0.2) is 5.78 Å². The van der Waals surface area contributed by atoms with Crippen LogP contribution in [0.25, 0.3) is 0 Å². The molecular formula is C23H34N2O5S. The summed E-state index contributed by atoms with van der Waals surface area (Å²) in [6, 6.07) is 5.66. The first-order chi connectivity index (χ1) is 14.6. The molecule has 0 unspecified atom stereocenters. The minimum atomic E-state index is -3.19. The lowest BCUT2D eigenvalue weighted by Crippen LogP contribution is -2.39. The molecule has 31 heavy (non-hydrogen) atoms. The first-order valence-electron chi connectivity index (χ1n) is 11.2. The molecule has 0 aliphatic carbocycles. The van der Waals surface area contributed by atoms with E-state index in [-0.39, 0.29) is 18.0 Å². The van der Waals surface area contributed by atoms with Crippen molar-refractivity contribution < 1.29 is 22.7 Å². The van der Waals surface area contributed by atoms with Crippen LogP contribution in [-0.2, 0) is 27.7 Å². The van der Waals surface area contributed by atoms with E-state index in [9.17, 15) is 18.0 Å². The molecule has 0 atom stereocenters. The van der Waals surface area contributed by atoms with Gasteiger partial charge in [0.05, 0.1) is 12.4 Å². The number of benzene rings is 1. The number of amides is 1. The predicted octanol–water partition coefficient (Wildman–Crippen LogP) is 3.61. The Hall–Kier alpha value is -1.93. The van der Waals surface area contributed by atoms with Gasteiger partial charge in [-0.15, -0.1) is 0 Å². The summed E-state index contributed by atoms with van der Waals surface area (Å²) in [5.74, 6) is 0.688. The van der Waals surface area contributed by atoms with E-state index in [1.165, 1.54) is 10.6 Å². The number of sulfonamides is 1. The van der Waals surface area contributed by atoms with Gasteiger partial charge in [-0.1, -0.05) is 12.1 Å². The molecule has 1 amide bonds. The Morgan fingerprint density at radius 2 is 1.84 bits per heavy atom. The van der Waals surface area contributed by atoms with Gasteiger partial charge in [0.2, 0.25) is 10.0 Å². The van der Waals surface area contributed by atoms with Crippen molar-refractivity contribution in [3.63, 3.8) is 0 Å². The van der Waals surface area contributed by atoms with Crippen LogP contribution in [0.3, 0.4) is 0 Å². The third-order valence-corrected chi connectivity index (χ3v) is 7.45. The number of hydrogen-bond acceptors (Lipinski definition) is 5. The van der Waals surface area contributed by atoms with E-state index in [2.05, 4.69) is 0 Å². The number of hydrogen-bond donors (Lipinski definition) is 0. The zero-order chi connectivity index (χ0) is 22.6. The van der Waals surface area contributed by atoms with E-state index in [1.807, 2.05) is 32.0 Å². The van der Waals surface area contributed by atoms with Crippen molar-refractivity contribution >= 4 is 21.9 Å². The van der Waals surface area contributed by atoms with Crippen LogP contribution in [0.1, 0.15) is 67.4 Å². The monoisotopic (exact) mass is 450 g/mol. The van der Waals surface area contributed by atoms with Gasteiger partial charge >= 0.3 is 6.09 Å². The van der Waals surface area contributed by atoms with Crippen molar-refractivity contribution in [2.45, 2.75) is 65.0 Å². The summed E-state index contributed by atoms with van der Waals surface area (Å²) in [6.45, 7) is 6.00.